The van der Waals surface area contributed by atoms with E-state index in [9.17, 15) is 48.6 Å². The van der Waals surface area contributed by atoms with Crippen LogP contribution in [0.4, 0.5) is 0 Å². The number of aliphatic hydroxyl groups is 1. The Morgan fingerprint density at radius 1 is 0.774 bits per heavy atom. The van der Waals surface area contributed by atoms with E-state index in [1.165, 1.54) is 13.8 Å². The quantitative estimate of drug-likeness (QED) is 0.0452. The number of hydrogen-bond donors (Lipinski definition) is 12. The lowest BCUT2D eigenvalue weighted by molar-refractivity contribution is -0.144. The van der Waals surface area contributed by atoms with Gasteiger partial charge in [0.15, 0.2) is 0 Å². The van der Waals surface area contributed by atoms with Crippen molar-refractivity contribution in [1.82, 2.24) is 41.5 Å². The van der Waals surface area contributed by atoms with Crippen LogP contribution in [-0.4, -0.2) is 133 Å². The Labute approximate surface area is 361 Å². The number of aliphatic carboxylic acids is 1. The molecule has 1 fully saturated rings. The number of H-pyrrole nitrogens is 2. The van der Waals surface area contributed by atoms with Crippen molar-refractivity contribution in [2.75, 3.05) is 12.3 Å². The molecule has 0 spiro atoms. The van der Waals surface area contributed by atoms with Crippen LogP contribution in [-0.2, 0) is 51.2 Å². The average molecular weight is 877 g/mol. The number of nitrogens with one attached hydrogen (secondary N) is 7. The summed E-state index contributed by atoms with van der Waals surface area (Å²) in [6, 6.07) is 5.23. The molecule has 13 N–H and O–H groups in total. The van der Waals surface area contributed by atoms with Crippen LogP contribution in [0.2, 0.25) is 0 Å². The topological polar surface area (TPSA) is 324 Å². The van der Waals surface area contributed by atoms with Crippen LogP contribution in [0.15, 0.2) is 60.9 Å². The van der Waals surface area contributed by atoms with Crippen LogP contribution in [0.25, 0.3) is 21.8 Å². The SMILES string of the molecule is C[C@H](NC(=O)[C@H](Cc1c[nH]c2ccccc12)NC(=O)[C@@H]1CCCN1C(=O)[C@@H](NC(=O)[C@H](CC(N)=O)NC(=O)[C@@H](N)Cc1c[nH]c2ccccc12)[C@@H](C)O)C(=O)N[C@@H](CS)C(=O)O. The number of amides is 7. The molecule has 8 atom stereocenters. The van der Waals surface area contributed by atoms with E-state index in [2.05, 4.69) is 49.2 Å². The summed E-state index contributed by atoms with van der Waals surface area (Å²) in [6.07, 6.45) is 1.69. The third-order valence-corrected chi connectivity index (χ3v) is 11.0. The minimum atomic E-state index is -1.65. The maximum atomic E-state index is 14.1. The maximum Gasteiger partial charge on any atom is 0.327 e. The highest BCUT2D eigenvalue weighted by molar-refractivity contribution is 7.80. The van der Waals surface area contributed by atoms with E-state index in [0.29, 0.717) is 12.0 Å². The number of carbonyl (C=O) groups is 8. The van der Waals surface area contributed by atoms with Crippen molar-refractivity contribution in [2.45, 2.75) is 94.3 Å². The molecule has 7 amide bonds. The van der Waals surface area contributed by atoms with Gasteiger partial charge in [-0.2, -0.15) is 12.6 Å². The number of likely N-dealkylation sites (tertiary alicyclic amines) is 1. The number of thiol groups is 1. The minimum Gasteiger partial charge on any atom is -0.480 e. The molecule has 0 saturated carbocycles. The number of aliphatic hydroxyl groups excluding tert-OH is 1. The van der Waals surface area contributed by atoms with Gasteiger partial charge in [0.05, 0.1) is 18.6 Å². The summed E-state index contributed by atoms with van der Waals surface area (Å²) in [7, 11) is 0. The first-order valence-corrected chi connectivity index (χ1v) is 20.6. The molecule has 0 unspecified atom stereocenters. The van der Waals surface area contributed by atoms with Gasteiger partial charge in [0, 0.05) is 52.9 Å². The third-order valence-electron chi connectivity index (χ3n) is 10.7. The molecule has 20 nitrogen and oxygen atoms in total. The second-order valence-corrected chi connectivity index (χ2v) is 15.6. The molecule has 0 radical (unpaired) electrons. The highest BCUT2D eigenvalue weighted by atomic mass is 32.1. The Bertz CT molecular complexity index is 2310. The second-order valence-electron chi connectivity index (χ2n) is 15.3. The maximum absolute atomic E-state index is 14.1. The van der Waals surface area contributed by atoms with Crippen LogP contribution in [0.1, 0.15) is 44.2 Å². The number of para-hydroxylation sites is 2. The summed E-state index contributed by atoms with van der Waals surface area (Å²) in [6.45, 7) is 2.61. The van der Waals surface area contributed by atoms with E-state index >= 15 is 0 Å². The Morgan fingerprint density at radius 2 is 1.34 bits per heavy atom. The fourth-order valence-electron chi connectivity index (χ4n) is 7.30. The molecule has 5 rings (SSSR count). The molecule has 2 aromatic carbocycles. The molecule has 4 aromatic rings. The summed E-state index contributed by atoms with van der Waals surface area (Å²) in [5.41, 5.74) is 14.6. The van der Waals surface area contributed by atoms with Crippen molar-refractivity contribution in [2.24, 2.45) is 11.5 Å². The van der Waals surface area contributed by atoms with Gasteiger partial charge in [0.1, 0.15) is 36.3 Å². The Hall–Kier alpha value is -6.45. The number of nitrogens with two attached hydrogens (primary N) is 2. The molecule has 1 saturated heterocycles. The van der Waals surface area contributed by atoms with Gasteiger partial charge in [-0.25, -0.2) is 4.79 Å². The molecule has 0 aliphatic carbocycles. The van der Waals surface area contributed by atoms with Crippen molar-refractivity contribution in [3.05, 3.63) is 72.1 Å². The Balaban J connectivity index is 1.29. The summed E-state index contributed by atoms with van der Waals surface area (Å²) in [4.78, 5) is 113. The summed E-state index contributed by atoms with van der Waals surface area (Å²) >= 11 is 3.95. The smallest absolute Gasteiger partial charge is 0.327 e. The number of aromatic nitrogens is 2. The monoisotopic (exact) mass is 876 g/mol. The molecular weight excluding hydrogens is 825 g/mol. The zero-order valence-electron chi connectivity index (χ0n) is 34.1. The zero-order chi connectivity index (χ0) is 45.2. The van der Waals surface area contributed by atoms with Gasteiger partial charge in [0.2, 0.25) is 41.4 Å². The average Bonchev–Trinajstić information content (AvgIpc) is 4.00. The van der Waals surface area contributed by atoms with Crippen molar-refractivity contribution < 1.29 is 48.6 Å². The van der Waals surface area contributed by atoms with Crippen LogP contribution < -0.4 is 38.1 Å². The summed E-state index contributed by atoms with van der Waals surface area (Å²) in [5, 5.41) is 34.1. The lowest BCUT2D eigenvalue weighted by Gasteiger charge is -2.31. The Kier molecular flexibility index (Phi) is 15.7. The number of rotatable bonds is 20. The molecule has 3 heterocycles. The number of nitrogens with zero attached hydrogens (tertiary/aromatic N) is 1. The summed E-state index contributed by atoms with van der Waals surface area (Å²) < 4.78 is 0. The number of carboxylic acids is 1. The number of hydrogen-bond acceptors (Lipinski definition) is 11. The van der Waals surface area contributed by atoms with Gasteiger partial charge in [-0.1, -0.05) is 36.4 Å². The standard InChI is InChI=1S/C41H52N10O10S/c1-20(35(54)49-31(19-62)41(60)61)46-37(56)29(15-23-18-45-28-11-6-4-9-25(23)28)48-39(58)32-12-7-13-51(32)40(59)34(21(2)52)50-38(57)30(16-33(43)53)47-36(55)26(42)14-22-17-44-27-10-5-3-8-24(22)27/h3-6,8-11,17-18,20-21,26,29-32,34,44-45,52,62H,7,12-16,19,42H2,1-2H3,(H2,43,53)(H,46,56)(H,47,55)(H,48,58)(H,49,54)(H,50,57)(H,60,61)/t20-,21+,26-,29-,30-,31-,32-,34-/m0/s1. The van der Waals surface area contributed by atoms with Crippen molar-refractivity contribution >= 4 is 81.8 Å². The van der Waals surface area contributed by atoms with Crippen molar-refractivity contribution in [3.63, 3.8) is 0 Å². The van der Waals surface area contributed by atoms with E-state index in [-0.39, 0.29) is 31.6 Å². The normalized spacial score (nSPS) is 17.2. The minimum absolute atomic E-state index is 0.0343. The number of aromatic amines is 2. The molecular formula is C41H52N10O10S. The molecule has 62 heavy (non-hydrogen) atoms. The highest BCUT2D eigenvalue weighted by Gasteiger charge is 2.41. The van der Waals surface area contributed by atoms with Crippen LogP contribution in [0, 0.1) is 0 Å². The second kappa shape index (κ2) is 20.9. The predicted octanol–water partition coefficient (Wildman–Crippen LogP) is -1.53. The largest absolute Gasteiger partial charge is 0.480 e. The summed E-state index contributed by atoms with van der Waals surface area (Å²) in [5.74, 6) is -7.46. The molecule has 2 aromatic heterocycles. The number of carboxylic acid groups (broad SMARTS) is 1. The first-order valence-electron chi connectivity index (χ1n) is 20.0. The van der Waals surface area contributed by atoms with Gasteiger partial charge in [-0.15, -0.1) is 0 Å². The fourth-order valence-corrected chi connectivity index (χ4v) is 7.55. The van der Waals surface area contributed by atoms with Gasteiger partial charge in [-0.3, -0.25) is 33.6 Å². The van der Waals surface area contributed by atoms with Gasteiger partial charge in [0.25, 0.3) is 0 Å². The highest BCUT2D eigenvalue weighted by Crippen LogP contribution is 2.23. The van der Waals surface area contributed by atoms with E-state index in [4.69, 9.17) is 11.5 Å². The lowest BCUT2D eigenvalue weighted by atomic mass is 10.0. The van der Waals surface area contributed by atoms with Gasteiger partial charge < -0.3 is 63.1 Å². The number of fused-ring (bicyclic) bond motifs is 2. The van der Waals surface area contributed by atoms with Crippen LogP contribution in [0.3, 0.4) is 0 Å². The number of carbonyl (C=O) groups excluding carboxylic acids is 7. The van der Waals surface area contributed by atoms with E-state index in [1.807, 2.05) is 42.5 Å². The first-order chi connectivity index (χ1) is 29.5. The zero-order valence-corrected chi connectivity index (χ0v) is 34.9. The van der Waals surface area contributed by atoms with E-state index < -0.39 is 102 Å². The van der Waals surface area contributed by atoms with Gasteiger partial charge in [-0.05, 0) is 56.4 Å². The number of benzene rings is 2. The fraction of sp³-hybridized carbons (Fsp3) is 0.415. The molecule has 0 bridgehead atoms. The van der Waals surface area contributed by atoms with E-state index in [0.717, 1.165) is 32.3 Å². The van der Waals surface area contributed by atoms with Crippen molar-refractivity contribution in [1.29, 1.82) is 0 Å². The molecule has 1 aliphatic rings. The lowest BCUT2D eigenvalue weighted by Crippen LogP contribution is -2.61. The molecule has 21 heteroatoms. The third kappa shape index (κ3) is 11.5. The van der Waals surface area contributed by atoms with Crippen molar-refractivity contribution in [3.8, 4) is 0 Å². The number of primary amides is 1. The van der Waals surface area contributed by atoms with Crippen LogP contribution in [0.5, 0.6) is 0 Å². The van der Waals surface area contributed by atoms with Gasteiger partial charge >= 0.3 is 5.97 Å². The Morgan fingerprint density at radius 3 is 1.90 bits per heavy atom. The first kappa shape index (κ1) is 46.6. The van der Waals surface area contributed by atoms with Crippen LogP contribution >= 0.6 is 12.6 Å². The van der Waals surface area contributed by atoms with E-state index in [1.54, 1.807) is 18.5 Å². The molecule has 332 valence electrons. The predicted molar refractivity (Wildman–Crippen MR) is 229 cm³/mol. The molecule has 1 aliphatic heterocycles.